The number of benzene rings is 1. The van der Waals surface area contributed by atoms with Gasteiger partial charge < -0.3 is 5.32 Å². The summed E-state index contributed by atoms with van der Waals surface area (Å²) < 4.78 is 0. The van der Waals surface area contributed by atoms with Gasteiger partial charge in [-0.3, -0.25) is 0 Å². The van der Waals surface area contributed by atoms with Gasteiger partial charge in [0.15, 0.2) is 0 Å². The van der Waals surface area contributed by atoms with Crippen LogP contribution in [-0.4, -0.2) is 22.4 Å². The van der Waals surface area contributed by atoms with Crippen LogP contribution >= 0.6 is 11.6 Å². The predicted molar refractivity (Wildman–Crippen MR) is 84.4 cm³/mol. The summed E-state index contributed by atoms with van der Waals surface area (Å²) in [5.41, 5.74) is 3.07. The first-order valence-electron chi connectivity index (χ1n) is 7.26. The summed E-state index contributed by atoms with van der Waals surface area (Å²) in [5, 5.41) is 3.48. The van der Waals surface area contributed by atoms with Crippen LogP contribution in [0.5, 0.6) is 0 Å². The summed E-state index contributed by atoms with van der Waals surface area (Å²) in [4.78, 5) is 9.30. The maximum Gasteiger partial charge on any atom is 0.148 e. The van der Waals surface area contributed by atoms with E-state index in [0.29, 0.717) is 0 Å². The van der Waals surface area contributed by atoms with E-state index < -0.39 is 0 Å². The molecule has 0 bridgehead atoms. The third kappa shape index (κ3) is 2.59. The number of nitrogens with one attached hydrogen (secondary N) is 1. The average Bonchev–Trinajstić information content (AvgIpc) is 2.94. The molecule has 1 aromatic carbocycles. The molecule has 1 saturated carbocycles. The van der Waals surface area contributed by atoms with Crippen molar-refractivity contribution in [2.75, 3.05) is 17.7 Å². The standard InChI is InChI=1S/C16H20ClN3/c1-12-15(18-11-16(10-17)8-4-5-9-16)20-14-7-3-2-6-13(14)19-12/h2-3,6-7H,4-5,8-11H2,1H3,(H,18,20). The van der Waals surface area contributed by atoms with Crippen LogP contribution in [0.15, 0.2) is 24.3 Å². The second-order valence-corrected chi connectivity index (χ2v) is 6.11. The van der Waals surface area contributed by atoms with Crippen molar-refractivity contribution in [3.63, 3.8) is 0 Å². The Labute approximate surface area is 124 Å². The molecule has 20 heavy (non-hydrogen) atoms. The zero-order chi connectivity index (χ0) is 14.0. The number of halogens is 1. The number of alkyl halides is 1. The number of hydrogen-bond acceptors (Lipinski definition) is 3. The highest BCUT2D eigenvalue weighted by Crippen LogP contribution is 2.39. The van der Waals surface area contributed by atoms with Gasteiger partial charge in [-0.15, -0.1) is 11.6 Å². The quantitative estimate of drug-likeness (QED) is 0.859. The van der Waals surface area contributed by atoms with Crippen molar-refractivity contribution in [2.45, 2.75) is 32.6 Å². The Morgan fingerprint density at radius 1 is 1.15 bits per heavy atom. The lowest BCUT2D eigenvalue weighted by Crippen LogP contribution is -2.29. The van der Waals surface area contributed by atoms with Crippen LogP contribution in [0.3, 0.4) is 0 Å². The van der Waals surface area contributed by atoms with E-state index in [1.807, 2.05) is 31.2 Å². The highest BCUT2D eigenvalue weighted by molar-refractivity contribution is 6.18. The zero-order valence-corrected chi connectivity index (χ0v) is 12.6. The van der Waals surface area contributed by atoms with Gasteiger partial charge in [-0.2, -0.15) is 0 Å². The van der Waals surface area contributed by atoms with Crippen molar-refractivity contribution in [2.24, 2.45) is 5.41 Å². The number of fused-ring (bicyclic) bond motifs is 1. The molecular weight excluding hydrogens is 270 g/mol. The average molecular weight is 290 g/mol. The lowest BCUT2D eigenvalue weighted by Gasteiger charge is -2.27. The van der Waals surface area contributed by atoms with Gasteiger partial charge in [-0.1, -0.05) is 25.0 Å². The third-order valence-electron chi connectivity index (χ3n) is 4.32. The van der Waals surface area contributed by atoms with Crippen molar-refractivity contribution >= 4 is 28.5 Å². The van der Waals surface area contributed by atoms with Crippen LogP contribution in [0, 0.1) is 12.3 Å². The Bertz CT molecular complexity index is 606. The highest BCUT2D eigenvalue weighted by Gasteiger charge is 2.32. The summed E-state index contributed by atoms with van der Waals surface area (Å²) in [7, 11) is 0. The molecule has 2 aromatic rings. The fraction of sp³-hybridized carbons (Fsp3) is 0.500. The fourth-order valence-electron chi connectivity index (χ4n) is 3.01. The van der Waals surface area contributed by atoms with Gasteiger partial charge in [0.05, 0.1) is 16.7 Å². The van der Waals surface area contributed by atoms with E-state index in [2.05, 4.69) is 15.3 Å². The highest BCUT2D eigenvalue weighted by atomic mass is 35.5. The van der Waals surface area contributed by atoms with E-state index in [4.69, 9.17) is 11.6 Å². The second-order valence-electron chi connectivity index (χ2n) is 5.84. The Morgan fingerprint density at radius 2 is 1.80 bits per heavy atom. The van der Waals surface area contributed by atoms with Crippen molar-refractivity contribution in [1.29, 1.82) is 0 Å². The molecule has 1 aliphatic rings. The normalized spacial score (nSPS) is 17.5. The monoisotopic (exact) mass is 289 g/mol. The van der Waals surface area contributed by atoms with Gasteiger partial charge in [0.1, 0.15) is 5.82 Å². The van der Waals surface area contributed by atoms with E-state index in [0.717, 1.165) is 35.0 Å². The lowest BCUT2D eigenvalue weighted by molar-refractivity contribution is 0.368. The minimum Gasteiger partial charge on any atom is -0.368 e. The summed E-state index contributed by atoms with van der Waals surface area (Å²) in [6.45, 7) is 2.90. The molecular formula is C16H20ClN3. The first kappa shape index (κ1) is 13.6. The number of aryl methyl sites for hydroxylation is 1. The van der Waals surface area contributed by atoms with Crippen LogP contribution in [0.1, 0.15) is 31.4 Å². The largest absolute Gasteiger partial charge is 0.368 e. The van der Waals surface area contributed by atoms with E-state index in [-0.39, 0.29) is 5.41 Å². The first-order chi connectivity index (χ1) is 9.72. The number of hydrogen-bond donors (Lipinski definition) is 1. The van der Waals surface area contributed by atoms with Crippen LogP contribution in [0.4, 0.5) is 5.82 Å². The van der Waals surface area contributed by atoms with Gasteiger partial charge in [-0.05, 0) is 31.9 Å². The van der Waals surface area contributed by atoms with E-state index in [1.54, 1.807) is 0 Å². The molecule has 1 N–H and O–H groups in total. The molecule has 0 saturated heterocycles. The molecule has 1 aliphatic carbocycles. The minimum absolute atomic E-state index is 0.237. The molecule has 3 rings (SSSR count). The molecule has 1 heterocycles. The number of nitrogens with zero attached hydrogens (tertiary/aromatic N) is 2. The Balaban J connectivity index is 1.81. The Kier molecular flexibility index (Phi) is 3.79. The molecule has 0 spiro atoms. The zero-order valence-electron chi connectivity index (χ0n) is 11.8. The number of para-hydroxylation sites is 2. The SMILES string of the molecule is Cc1nc2ccccc2nc1NCC1(CCl)CCCC1. The molecule has 4 heteroatoms. The first-order valence-corrected chi connectivity index (χ1v) is 7.79. The molecule has 0 unspecified atom stereocenters. The Morgan fingerprint density at radius 3 is 2.45 bits per heavy atom. The molecule has 0 aliphatic heterocycles. The van der Waals surface area contributed by atoms with Gasteiger partial charge in [-0.25, -0.2) is 9.97 Å². The molecule has 3 nitrogen and oxygen atoms in total. The van der Waals surface area contributed by atoms with Crippen LogP contribution < -0.4 is 5.32 Å². The number of aromatic nitrogens is 2. The van der Waals surface area contributed by atoms with Gasteiger partial charge in [0.25, 0.3) is 0 Å². The van der Waals surface area contributed by atoms with Crippen molar-refractivity contribution in [3.8, 4) is 0 Å². The van der Waals surface area contributed by atoms with Crippen molar-refractivity contribution in [1.82, 2.24) is 9.97 Å². The van der Waals surface area contributed by atoms with Crippen LogP contribution in [0.25, 0.3) is 11.0 Å². The molecule has 0 amide bonds. The summed E-state index contributed by atoms with van der Waals surface area (Å²) in [6.07, 6.45) is 5.00. The molecule has 1 fully saturated rings. The summed E-state index contributed by atoms with van der Waals surface area (Å²) >= 11 is 6.19. The van der Waals surface area contributed by atoms with Crippen molar-refractivity contribution in [3.05, 3.63) is 30.0 Å². The van der Waals surface area contributed by atoms with Gasteiger partial charge in [0.2, 0.25) is 0 Å². The van der Waals surface area contributed by atoms with Crippen molar-refractivity contribution < 1.29 is 0 Å². The number of rotatable bonds is 4. The third-order valence-corrected chi connectivity index (χ3v) is 4.89. The maximum atomic E-state index is 6.19. The smallest absolute Gasteiger partial charge is 0.148 e. The summed E-state index contributed by atoms with van der Waals surface area (Å²) in [5.74, 6) is 1.61. The molecule has 106 valence electrons. The van der Waals surface area contributed by atoms with Gasteiger partial charge in [0, 0.05) is 17.8 Å². The van der Waals surface area contributed by atoms with Gasteiger partial charge >= 0.3 is 0 Å². The molecule has 0 radical (unpaired) electrons. The maximum absolute atomic E-state index is 6.19. The summed E-state index contributed by atoms with van der Waals surface area (Å²) in [6, 6.07) is 7.98. The molecule has 0 atom stereocenters. The van der Waals surface area contributed by atoms with Crippen LogP contribution in [-0.2, 0) is 0 Å². The Hall–Kier alpha value is -1.35. The number of anilines is 1. The lowest BCUT2D eigenvalue weighted by atomic mass is 9.88. The topological polar surface area (TPSA) is 37.8 Å². The van der Waals surface area contributed by atoms with E-state index in [1.165, 1.54) is 25.7 Å². The molecule has 1 aromatic heterocycles. The van der Waals surface area contributed by atoms with E-state index in [9.17, 15) is 0 Å². The second kappa shape index (κ2) is 5.57. The van der Waals surface area contributed by atoms with E-state index >= 15 is 0 Å². The predicted octanol–water partition coefficient (Wildman–Crippen LogP) is 4.15. The van der Waals surface area contributed by atoms with Crippen LogP contribution in [0.2, 0.25) is 0 Å². The fourth-order valence-corrected chi connectivity index (χ4v) is 3.37. The minimum atomic E-state index is 0.237.